The second kappa shape index (κ2) is 6.58. The number of nitrogens with two attached hydrogens (primary N) is 2. The lowest BCUT2D eigenvalue weighted by Gasteiger charge is -2.11. The summed E-state index contributed by atoms with van der Waals surface area (Å²) in [5, 5.41) is 8.12. The Labute approximate surface area is 107 Å². The Kier molecular flexibility index (Phi) is 5.39. The van der Waals surface area contributed by atoms with Crippen molar-refractivity contribution in [3.63, 3.8) is 0 Å². The van der Waals surface area contributed by atoms with E-state index in [9.17, 15) is 8.42 Å². The van der Waals surface area contributed by atoms with E-state index in [2.05, 4.69) is 5.32 Å². The number of rotatable bonds is 7. The maximum atomic E-state index is 11.3. The van der Waals surface area contributed by atoms with E-state index in [1.165, 1.54) is 6.07 Å². The third-order valence-corrected chi connectivity index (χ3v) is 3.33. The Hall–Kier alpha value is -1.31. The van der Waals surface area contributed by atoms with Gasteiger partial charge in [-0.05, 0) is 25.5 Å². The second-order valence-electron chi connectivity index (χ2n) is 3.74. The molecule has 0 heterocycles. The van der Waals surface area contributed by atoms with Gasteiger partial charge in [0.2, 0.25) is 10.0 Å². The van der Waals surface area contributed by atoms with Crippen LogP contribution in [0.2, 0.25) is 0 Å². The number of nitrogen functional groups attached to an aromatic ring is 1. The lowest BCUT2D eigenvalue weighted by atomic mass is 10.2. The first-order valence-electron chi connectivity index (χ1n) is 5.69. The van der Waals surface area contributed by atoms with Crippen molar-refractivity contribution in [3.8, 4) is 0 Å². The van der Waals surface area contributed by atoms with Gasteiger partial charge in [-0.3, -0.25) is 0 Å². The zero-order valence-corrected chi connectivity index (χ0v) is 11.2. The molecule has 0 fully saturated rings. The predicted octanol–water partition coefficient (Wildman–Crippen LogP) is 0.755. The first-order valence-corrected chi connectivity index (χ1v) is 7.24. The van der Waals surface area contributed by atoms with Crippen molar-refractivity contribution in [2.24, 2.45) is 5.14 Å². The molecule has 5 N–H and O–H groups in total. The van der Waals surface area contributed by atoms with Crippen molar-refractivity contribution >= 4 is 21.4 Å². The Morgan fingerprint density at radius 2 is 2.11 bits per heavy atom. The first kappa shape index (κ1) is 14.7. The number of hydrogen-bond acceptors (Lipinski definition) is 5. The minimum absolute atomic E-state index is 0.0580. The van der Waals surface area contributed by atoms with Gasteiger partial charge in [0.25, 0.3) is 0 Å². The fourth-order valence-corrected chi connectivity index (χ4v) is 2.17. The van der Waals surface area contributed by atoms with Crippen LogP contribution >= 0.6 is 0 Å². The van der Waals surface area contributed by atoms with Gasteiger partial charge in [-0.1, -0.05) is 6.07 Å². The van der Waals surface area contributed by atoms with Gasteiger partial charge in [0, 0.05) is 19.8 Å². The van der Waals surface area contributed by atoms with E-state index in [0.29, 0.717) is 25.4 Å². The third kappa shape index (κ3) is 4.17. The van der Waals surface area contributed by atoms with Gasteiger partial charge in [0.05, 0.1) is 11.4 Å². The number of benzene rings is 1. The summed E-state index contributed by atoms with van der Waals surface area (Å²) in [4.78, 5) is -0.0580. The number of ether oxygens (including phenoxy) is 1. The Morgan fingerprint density at radius 1 is 1.39 bits per heavy atom. The van der Waals surface area contributed by atoms with Crippen LogP contribution in [0.4, 0.5) is 11.4 Å². The molecule has 0 amide bonds. The third-order valence-electron chi connectivity index (χ3n) is 2.36. The van der Waals surface area contributed by atoms with Crippen molar-refractivity contribution in [1.82, 2.24) is 0 Å². The number of anilines is 2. The van der Waals surface area contributed by atoms with E-state index >= 15 is 0 Å². The normalized spacial score (nSPS) is 11.4. The summed E-state index contributed by atoms with van der Waals surface area (Å²) < 4.78 is 27.7. The highest BCUT2D eigenvalue weighted by Crippen LogP contribution is 2.25. The van der Waals surface area contributed by atoms with E-state index in [1.807, 2.05) is 6.92 Å². The van der Waals surface area contributed by atoms with Crippen LogP contribution in [0.3, 0.4) is 0 Å². The Balaban J connectivity index is 2.67. The van der Waals surface area contributed by atoms with Crippen molar-refractivity contribution in [2.45, 2.75) is 18.2 Å². The largest absolute Gasteiger partial charge is 0.396 e. The average Bonchev–Trinajstić information content (AvgIpc) is 2.29. The molecule has 1 aromatic rings. The highest BCUT2D eigenvalue weighted by Gasteiger charge is 2.14. The van der Waals surface area contributed by atoms with E-state index in [-0.39, 0.29) is 10.6 Å². The predicted molar refractivity (Wildman–Crippen MR) is 71.8 cm³/mol. The molecule has 18 heavy (non-hydrogen) atoms. The number of nitrogens with one attached hydrogen (secondary N) is 1. The van der Waals surface area contributed by atoms with Crippen LogP contribution in [-0.4, -0.2) is 28.2 Å². The molecule has 0 unspecified atom stereocenters. The van der Waals surface area contributed by atoms with Crippen molar-refractivity contribution in [1.29, 1.82) is 0 Å². The standard InChI is InChI=1S/C11H19N3O3S/c1-2-17-8-4-7-14-9-5-3-6-10(11(9)12)18(13,15)16/h3,5-6,14H,2,4,7-8,12H2,1H3,(H2,13,15,16). The zero-order chi connectivity index (χ0) is 13.6. The van der Waals surface area contributed by atoms with Crippen LogP contribution in [0.25, 0.3) is 0 Å². The van der Waals surface area contributed by atoms with E-state index in [4.69, 9.17) is 15.6 Å². The average molecular weight is 273 g/mol. The minimum atomic E-state index is -3.78. The molecule has 0 aliphatic heterocycles. The molecule has 0 atom stereocenters. The van der Waals surface area contributed by atoms with Crippen LogP contribution in [0.5, 0.6) is 0 Å². The number of sulfonamides is 1. The molecule has 1 rings (SSSR count). The Bertz CT molecular complexity index is 488. The quantitative estimate of drug-likeness (QED) is 0.502. The second-order valence-corrected chi connectivity index (χ2v) is 5.27. The van der Waals surface area contributed by atoms with Crippen LogP contribution in [-0.2, 0) is 14.8 Å². The molecule has 0 saturated heterocycles. The van der Waals surface area contributed by atoms with E-state index < -0.39 is 10.0 Å². The molecule has 0 aromatic heterocycles. The van der Waals surface area contributed by atoms with Gasteiger partial charge in [-0.2, -0.15) is 0 Å². The van der Waals surface area contributed by atoms with Crippen LogP contribution in [0, 0.1) is 0 Å². The fourth-order valence-electron chi connectivity index (χ4n) is 1.49. The topological polar surface area (TPSA) is 107 Å². The van der Waals surface area contributed by atoms with Gasteiger partial charge in [0.15, 0.2) is 0 Å². The molecule has 0 spiro atoms. The highest BCUT2D eigenvalue weighted by molar-refractivity contribution is 7.89. The molecule has 1 aromatic carbocycles. The van der Waals surface area contributed by atoms with Gasteiger partial charge >= 0.3 is 0 Å². The summed E-state index contributed by atoms with van der Waals surface area (Å²) in [6.45, 7) is 3.92. The summed E-state index contributed by atoms with van der Waals surface area (Å²) in [6, 6.07) is 4.70. The summed E-state index contributed by atoms with van der Waals surface area (Å²) in [7, 11) is -3.78. The number of para-hydroxylation sites is 1. The number of hydrogen-bond donors (Lipinski definition) is 3. The van der Waals surface area contributed by atoms with Gasteiger partial charge in [0.1, 0.15) is 4.90 Å². The maximum Gasteiger partial charge on any atom is 0.240 e. The molecular weight excluding hydrogens is 254 g/mol. The molecule has 0 saturated carbocycles. The highest BCUT2D eigenvalue weighted by atomic mass is 32.2. The summed E-state index contributed by atoms with van der Waals surface area (Å²) in [5.74, 6) is 0. The molecule has 0 aliphatic carbocycles. The van der Waals surface area contributed by atoms with Crippen molar-refractivity contribution in [2.75, 3.05) is 30.8 Å². The van der Waals surface area contributed by atoms with Crippen LogP contribution in [0.1, 0.15) is 13.3 Å². The summed E-state index contributed by atoms with van der Waals surface area (Å²) in [5.41, 5.74) is 6.47. The zero-order valence-electron chi connectivity index (χ0n) is 10.3. The monoisotopic (exact) mass is 273 g/mol. The lowest BCUT2D eigenvalue weighted by molar-refractivity contribution is 0.147. The fraction of sp³-hybridized carbons (Fsp3) is 0.455. The van der Waals surface area contributed by atoms with E-state index in [0.717, 1.165) is 6.42 Å². The van der Waals surface area contributed by atoms with Gasteiger partial charge in [-0.15, -0.1) is 0 Å². The van der Waals surface area contributed by atoms with Crippen LogP contribution < -0.4 is 16.2 Å². The van der Waals surface area contributed by atoms with E-state index in [1.54, 1.807) is 12.1 Å². The molecule has 0 bridgehead atoms. The molecule has 0 radical (unpaired) electrons. The summed E-state index contributed by atoms with van der Waals surface area (Å²) in [6.07, 6.45) is 0.812. The minimum Gasteiger partial charge on any atom is -0.396 e. The van der Waals surface area contributed by atoms with Gasteiger partial charge in [-0.25, -0.2) is 13.6 Å². The first-order chi connectivity index (χ1) is 8.46. The molecule has 102 valence electrons. The smallest absolute Gasteiger partial charge is 0.240 e. The Morgan fingerprint density at radius 3 is 2.72 bits per heavy atom. The van der Waals surface area contributed by atoms with Crippen molar-refractivity contribution in [3.05, 3.63) is 18.2 Å². The SMILES string of the molecule is CCOCCCNc1cccc(S(N)(=O)=O)c1N. The van der Waals surface area contributed by atoms with Crippen molar-refractivity contribution < 1.29 is 13.2 Å². The summed E-state index contributed by atoms with van der Waals surface area (Å²) >= 11 is 0. The molecule has 0 aliphatic rings. The maximum absolute atomic E-state index is 11.3. The lowest BCUT2D eigenvalue weighted by Crippen LogP contribution is -2.16. The van der Waals surface area contributed by atoms with Gasteiger partial charge < -0.3 is 15.8 Å². The molecular formula is C11H19N3O3S. The molecule has 6 nitrogen and oxygen atoms in total. The van der Waals surface area contributed by atoms with Crippen LogP contribution in [0.15, 0.2) is 23.1 Å². The number of primary sulfonamides is 1. The molecule has 7 heteroatoms.